The molecule has 4 nitrogen and oxygen atoms in total. The van der Waals surface area contributed by atoms with Gasteiger partial charge in [-0.1, -0.05) is 29.3 Å². The molecule has 0 spiro atoms. The van der Waals surface area contributed by atoms with E-state index in [1.165, 1.54) is 0 Å². The van der Waals surface area contributed by atoms with Crippen molar-refractivity contribution in [1.82, 2.24) is 10.6 Å². The van der Waals surface area contributed by atoms with Gasteiger partial charge in [-0.25, -0.2) is 4.79 Å². The maximum Gasteiger partial charge on any atom is 0.315 e. The van der Waals surface area contributed by atoms with Crippen LogP contribution in [0, 0.1) is 0 Å². The van der Waals surface area contributed by atoms with Crippen molar-refractivity contribution in [1.29, 1.82) is 0 Å². The lowest BCUT2D eigenvalue weighted by atomic mass is 10.1. The number of benzene rings is 1. The Hall–Kier alpha value is -0.970. The van der Waals surface area contributed by atoms with Gasteiger partial charge < -0.3 is 15.4 Å². The largest absolute Gasteiger partial charge is 0.379 e. The van der Waals surface area contributed by atoms with Crippen LogP contribution in [0.15, 0.2) is 18.2 Å². The first-order chi connectivity index (χ1) is 9.06. The molecule has 1 fully saturated rings. The van der Waals surface area contributed by atoms with Crippen LogP contribution in [-0.4, -0.2) is 25.3 Å². The summed E-state index contributed by atoms with van der Waals surface area (Å²) < 4.78 is 5.20. The molecular weight excluding hydrogens is 287 g/mol. The third-order valence-electron chi connectivity index (χ3n) is 3.04. The first-order valence-electron chi connectivity index (χ1n) is 6.16. The van der Waals surface area contributed by atoms with Crippen molar-refractivity contribution in [3.63, 3.8) is 0 Å². The van der Waals surface area contributed by atoms with Crippen molar-refractivity contribution >= 4 is 29.2 Å². The molecule has 104 valence electrons. The van der Waals surface area contributed by atoms with Crippen molar-refractivity contribution in [3.8, 4) is 0 Å². The molecule has 2 N–H and O–H groups in total. The van der Waals surface area contributed by atoms with Crippen LogP contribution in [0.4, 0.5) is 4.79 Å². The molecule has 0 radical (unpaired) electrons. The van der Waals surface area contributed by atoms with Crippen LogP contribution < -0.4 is 10.6 Å². The van der Waals surface area contributed by atoms with Gasteiger partial charge in [-0.2, -0.15) is 0 Å². The van der Waals surface area contributed by atoms with Gasteiger partial charge in [0.15, 0.2) is 0 Å². The quantitative estimate of drug-likeness (QED) is 0.901. The molecule has 6 heteroatoms. The topological polar surface area (TPSA) is 50.4 Å². The molecule has 2 rings (SSSR count). The molecule has 0 bridgehead atoms. The Labute approximate surface area is 122 Å². The van der Waals surface area contributed by atoms with Gasteiger partial charge in [-0.3, -0.25) is 0 Å². The maximum atomic E-state index is 11.8. The summed E-state index contributed by atoms with van der Waals surface area (Å²) in [6.07, 6.45) is 0.851. The number of rotatable bonds is 3. The molecule has 2 amide bonds. The third-order valence-corrected chi connectivity index (χ3v) is 3.60. The van der Waals surface area contributed by atoms with Gasteiger partial charge >= 0.3 is 6.03 Å². The van der Waals surface area contributed by atoms with E-state index >= 15 is 0 Å². The summed E-state index contributed by atoms with van der Waals surface area (Å²) in [6, 6.07) is 4.92. The summed E-state index contributed by atoms with van der Waals surface area (Å²) in [6.45, 7) is 3.15. The normalized spacial score (nSPS) is 20.1. The number of hydrogen-bond donors (Lipinski definition) is 2. The highest BCUT2D eigenvalue weighted by Gasteiger charge is 2.19. The van der Waals surface area contributed by atoms with E-state index in [4.69, 9.17) is 27.9 Å². The van der Waals surface area contributed by atoms with Gasteiger partial charge in [0.05, 0.1) is 18.7 Å². The van der Waals surface area contributed by atoms with Gasteiger partial charge in [-0.15, -0.1) is 0 Å². The highest BCUT2D eigenvalue weighted by Crippen LogP contribution is 2.25. The highest BCUT2D eigenvalue weighted by atomic mass is 35.5. The molecule has 2 unspecified atom stereocenters. The number of urea groups is 1. The Morgan fingerprint density at radius 2 is 2.26 bits per heavy atom. The van der Waals surface area contributed by atoms with E-state index in [1.54, 1.807) is 12.1 Å². The molecule has 1 aliphatic heterocycles. The highest BCUT2D eigenvalue weighted by molar-refractivity contribution is 6.35. The Balaban J connectivity index is 1.92. The Kier molecular flexibility index (Phi) is 4.91. The van der Waals surface area contributed by atoms with Crippen LogP contribution in [0.2, 0.25) is 10.0 Å². The lowest BCUT2D eigenvalue weighted by Crippen LogP contribution is -2.43. The number of carbonyl (C=O) groups is 1. The van der Waals surface area contributed by atoms with E-state index in [2.05, 4.69) is 10.6 Å². The number of nitrogens with one attached hydrogen (secondary N) is 2. The molecule has 19 heavy (non-hydrogen) atoms. The zero-order valence-electron chi connectivity index (χ0n) is 10.6. The van der Waals surface area contributed by atoms with E-state index in [1.807, 2.05) is 13.0 Å². The second kappa shape index (κ2) is 6.46. The summed E-state index contributed by atoms with van der Waals surface area (Å²) in [4.78, 5) is 11.8. The van der Waals surface area contributed by atoms with Crippen LogP contribution in [0.1, 0.15) is 24.9 Å². The van der Waals surface area contributed by atoms with Crippen LogP contribution in [0.3, 0.4) is 0 Å². The summed E-state index contributed by atoms with van der Waals surface area (Å²) in [5, 5.41) is 6.84. The minimum Gasteiger partial charge on any atom is -0.379 e. The van der Waals surface area contributed by atoms with Crippen LogP contribution in [0.5, 0.6) is 0 Å². The molecule has 0 aromatic heterocycles. The van der Waals surface area contributed by atoms with Gasteiger partial charge in [0.1, 0.15) is 0 Å². The lowest BCUT2D eigenvalue weighted by molar-refractivity contribution is 0.188. The van der Waals surface area contributed by atoms with E-state index < -0.39 is 0 Å². The van der Waals surface area contributed by atoms with E-state index in [-0.39, 0.29) is 18.1 Å². The lowest BCUT2D eigenvalue weighted by Gasteiger charge is -2.18. The van der Waals surface area contributed by atoms with Gasteiger partial charge in [-0.05, 0) is 31.0 Å². The summed E-state index contributed by atoms with van der Waals surface area (Å²) in [7, 11) is 0. The number of halogens is 2. The maximum absolute atomic E-state index is 11.8. The smallest absolute Gasteiger partial charge is 0.315 e. The average molecular weight is 303 g/mol. The molecule has 1 heterocycles. The van der Waals surface area contributed by atoms with Gasteiger partial charge in [0.25, 0.3) is 0 Å². The van der Waals surface area contributed by atoms with Gasteiger partial charge in [0, 0.05) is 16.7 Å². The number of amides is 2. The number of hydrogen-bond acceptors (Lipinski definition) is 2. The van der Waals surface area contributed by atoms with Gasteiger partial charge in [0.2, 0.25) is 0 Å². The fourth-order valence-electron chi connectivity index (χ4n) is 2.00. The SMILES string of the molecule is CC(NC(=O)NC1CCOC1)c1ccc(Cl)cc1Cl. The Bertz CT molecular complexity index is 462. The van der Waals surface area contributed by atoms with Crippen molar-refractivity contribution in [2.45, 2.75) is 25.4 Å². The average Bonchev–Trinajstić information content (AvgIpc) is 2.81. The standard InChI is InChI=1S/C13H16Cl2N2O2/c1-8(11-3-2-9(14)6-12(11)15)16-13(18)17-10-4-5-19-7-10/h2-3,6,8,10H,4-5,7H2,1H3,(H2,16,17,18). The Morgan fingerprint density at radius 1 is 1.47 bits per heavy atom. The molecule has 1 saturated heterocycles. The first kappa shape index (κ1) is 14.4. The summed E-state index contributed by atoms with van der Waals surface area (Å²) in [5.74, 6) is 0. The van der Waals surface area contributed by atoms with Crippen LogP contribution in [0.25, 0.3) is 0 Å². The second-order valence-electron chi connectivity index (χ2n) is 4.57. The number of ether oxygens (including phenoxy) is 1. The van der Waals surface area contributed by atoms with Crippen molar-refractivity contribution in [2.75, 3.05) is 13.2 Å². The molecule has 1 aliphatic rings. The molecule has 0 saturated carbocycles. The first-order valence-corrected chi connectivity index (χ1v) is 6.91. The fraction of sp³-hybridized carbons (Fsp3) is 0.462. The predicted octanol–water partition coefficient (Wildman–Crippen LogP) is 3.14. The van der Waals surface area contributed by atoms with Crippen LogP contribution >= 0.6 is 23.2 Å². The molecule has 1 aromatic carbocycles. The van der Waals surface area contributed by atoms with E-state index in [0.717, 1.165) is 12.0 Å². The molecular formula is C13H16Cl2N2O2. The van der Waals surface area contributed by atoms with Crippen molar-refractivity contribution in [3.05, 3.63) is 33.8 Å². The minimum atomic E-state index is -0.214. The zero-order chi connectivity index (χ0) is 13.8. The molecule has 0 aliphatic carbocycles. The number of carbonyl (C=O) groups excluding carboxylic acids is 1. The van der Waals surface area contributed by atoms with Crippen LogP contribution in [-0.2, 0) is 4.74 Å². The van der Waals surface area contributed by atoms with Crippen molar-refractivity contribution < 1.29 is 9.53 Å². The molecule has 2 atom stereocenters. The van der Waals surface area contributed by atoms with E-state index in [9.17, 15) is 4.79 Å². The summed E-state index contributed by atoms with van der Waals surface area (Å²) >= 11 is 11.9. The van der Waals surface area contributed by atoms with Crippen molar-refractivity contribution in [2.24, 2.45) is 0 Å². The fourth-order valence-corrected chi connectivity index (χ4v) is 2.57. The second-order valence-corrected chi connectivity index (χ2v) is 5.41. The van der Waals surface area contributed by atoms with E-state index in [0.29, 0.717) is 23.3 Å². The zero-order valence-corrected chi connectivity index (χ0v) is 12.1. The third kappa shape index (κ3) is 4.00. The monoisotopic (exact) mass is 302 g/mol. The molecule has 1 aromatic rings. The summed E-state index contributed by atoms with van der Waals surface area (Å²) in [5.41, 5.74) is 0.837. The minimum absolute atomic E-state index is 0.0906. The Morgan fingerprint density at radius 3 is 2.89 bits per heavy atom. The predicted molar refractivity (Wildman–Crippen MR) is 75.8 cm³/mol.